The Morgan fingerprint density at radius 1 is 1.03 bits per heavy atom. The number of hydrogen-bond acceptors (Lipinski definition) is 3. The van der Waals surface area contributed by atoms with E-state index in [-0.39, 0.29) is 11.7 Å². The average molecular weight is 456 g/mol. The minimum atomic E-state index is -0.0382. The zero-order valence-corrected chi connectivity index (χ0v) is 17.8. The van der Waals surface area contributed by atoms with Crippen molar-refractivity contribution in [3.8, 4) is 0 Å². The molecule has 5 aromatic rings. The first kappa shape index (κ1) is 17.8. The average Bonchev–Trinajstić information content (AvgIpc) is 3.21. The van der Waals surface area contributed by atoms with Crippen LogP contribution in [0.4, 0.5) is 0 Å². The molecule has 6 rings (SSSR count). The molecule has 2 heterocycles. The van der Waals surface area contributed by atoms with E-state index in [1.165, 1.54) is 32.7 Å². The molecule has 30 heavy (non-hydrogen) atoms. The Bertz CT molecular complexity index is 1470. The van der Waals surface area contributed by atoms with Crippen LogP contribution in [0.2, 0.25) is 0 Å². The van der Waals surface area contributed by atoms with Crippen molar-refractivity contribution in [3.63, 3.8) is 0 Å². The smallest absolute Gasteiger partial charge is 0.186 e. The van der Waals surface area contributed by atoms with Crippen LogP contribution in [0.1, 0.15) is 28.0 Å². The number of carbonyl (C=O) groups excluding carboxylic acids is 1. The molecule has 5 heteroatoms. The summed E-state index contributed by atoms with van der Waals surface area (Å²) in [5.74, 6) is 0.0737. The van der Waals surface area contributed by atoms with Gasteiger partial charge >= 0.3 is 0 Å². The highest BCUT2D eigenvalue weighted by Gasteiger charge is 2.28. The van der Waals surface area contributed by atoms with E-state index in [1.807, 2.05) is 6.20 Å². The molecule has 0 spiro atoms. The highest BCUT2D eigenvalue weighted by Crippen LogP contribution is 2.35. The van der Waals surface area contributed by atoms with E-state index in [4.69, 9.17) is 0 Å². The number of aryl methyl sites for hydroxylation is 1. The van der Waals surface area contributed by atoms with Gasteiger partial charge in [0.05, 0.1) is 4.47 Å². The van der Waals surface area contributed by atoms with Gasteiger partial charge in [0.25, 0.3) is 0 Å². The summed E-state index contributed by atoms with van der Waals surface area (Å²) in [6.07, 6.45) is 6.08. The SMILES string of the molecule is O=C(c1cc2ncc(Br)cn2n1)C1CCc2c(ccc3c2ccc2ccccc23)C1. The second kappa shape index (κ2) is 6.74. The van der Waals surface area contributed by atoms with Gasteiger partial charge in [0.15, 0.2) is 11.4 Å². The lowest BCUT2D eigenvalue weighted by Gasteiger charge is -2.24. The van der Waals surface area contributed by atoms with Gasteiger partial charge in [-0.3, -0.25) is 4.79 Å². The molecule has 1 atom stereocenters. The van der Waals surface area contributed by atoms with E-state index in [2.05, 4.69) is 74.5 Å². The molecule has 0 saturated heterocycles. The van der Waals surface area contributed by atoms with E-state index in [0.717, 1.165) is 23.7 Å². The van der Waals surface area contributed by atoms with Gasteiger partial charge in [-0.2, -0.15) is 5.10 Å². The number of fused-ring (bicyclic) bond motifs is 6. The number of benzene rings is 3. The quantitative estimate of drug-likeness (QED) is 0.250. The molecule has 0 N–H and O–H groups in total. The predicted octanol–water partition coefficient (Wildman–Crippen LogP) is 5.79. The van der Waals surface area contributed by atoms with Gasteiger partial charge in [0.2, 0.25) is 0 Å². The monoisotopic (exact) mass is 455 g/mol. The van der Waals surface area contributed by atoms with Crippen LogP contribution in [-0.2, 0) is 12.8 Å². The zero-order chi connectivity index (χ0) is 20.2. The third kappa shape index (κ3) is 2.76. The molecule has 0 saturated carbocycles. The summed E-state index contributed by atoms with van der Waals surface area (Å²) in [4.78, 5) is 17.5. The summed E-state index contributed by atoms with van der Waals surface area (Å²) < 4.78 is 2.50. The van der Waals surface area contributed by atoms with E-state index in [1.54, 1.807) is 16.8 Å². The summed E-state index contributed by atoms with van der Waals surface area (Å²) in [7, 11) is 0. The Hall–Kier alpha value is -3.05. The minimum absolute atomic E-state index is 0.0382. The van der Waals surface area contributed by atoms with Crippen LogP contribution in [0.25, 0.3) is 27.2 Å². The third-order valence-electron chi connectivity index (χ3n) is 6.25. The molecule has 1 unspecified atom stereocenters. The molecular weight excluding hydrogens is 438 g/mol. The van der Waals surface area contributed by atoms with Crippen molar-refractivity contribution in [3.05, 3.63) is 88.3 Å². The molecule has 1 aliphatic carbocycles. The van der Waals surface area contributed by atoms with Crippen LogP contribution in [0.3, 0.4) is 0 Å². The van der Waals surface area contributed by atoms with E-state index in [9.17, 15) is 4.79 Å². The van der Waals surface area contributed by atoms with Gasteiger partial charge in [-0.15, -0.1) is 0 Å². The Kier molecular flexibility index (Phi) is 4.00. The van der Waals surface area contributed by atoms with Crippen molar-refractivity contribution in [1.29, 1.82) is 0 Å². The summed E-state index contributed by atoms with van der Waals surface area (Å²) in [5, 5.41) is 9.64. The fourth-order valence-electron chi connectivity index (χ4n) is 4.78. The molecular formula is C25H18BrN3O. The van der Waals surface area contributed by atoms with Crippen LogP contribution in [0, 0.1) is 5.92 Å². The first-order valence-corrected chi connectivity index (χ1v) is 10.9. The lowest BCUT2D eigenvalue weighted by Crippen LogP contribution is -2.23. The number of hydrogen-bond donors (Lipinski definition) is 0. The Balaban J connectivity index is 1.36. The number of rotatable bonds is 2. The number of nitrogens with zero attached hydrogens (tertiary/aromatic N) is 3. The molecule has 0 fully saturated rings. The second-order valence-corrected chi connectivity index (χ2v) is 8.91. The van der Waals surface area contributed by atoms with Gasteiger partial charge in [-0.05, 0) is 67.9 Å². The molecule has 0 radical (unpaired) electrons. The van der Waals surface area contributed by atoms with Crippen molar-refractivity contribution in [2.24, 2.45) is 5.92 Å². The summed E-state index contributed by atoms with van der Waals surface area (Å²) in [6, 6.07) is 19.2. The molecule has 3 aromatic carbocycles. The Labute approximate surface area is 181 Å². The highest BCUT2D eigenvalue weighted by molar-refractivity contribution is 9.10. The van der Waals surface area contributed by atoms with E-state index < -0.39 is 0 Å². The normalized spacial score (nSPS) is 16.2. The number of ketones is 1. The van der Waals surface area contributed by atoms with Crippen molar-refractivity contribution >= 4 is 48.9 Å². The minimum Gasteiger partial charge on any atom is -0.292 e. The Morgan fingerprint density at radius 2 is 1.90 bits per heavy atom. The van der Waals surface area contributed by atoms with Crippen molar-refractivity contribution in [1.82, 2.24) is 14.6 Å². The van der Waals surface area contributed by atoms with Gasteiger partial charge < -0.3 is 0 Å². The lowest BCUT2D eigenvalue weighted by atomic mass is 9.79. The number of carbonyl (C=O) groups is 1. The number of halogens is 1. The first-order valence-electron chi connectivity index (χ1n) is 10.1. The largest absolute Gasteiger partial charge is 0.292 e. The summed E-state index contributed by atoms with van der Waals surface area (Å²) >= 11 is 3.40. The Morgan fingerprint density at radius 3 is 2.83 bits per heavy atom. The van der Waals surface area contributed by atoms with Gasteiger partial charge in [0, 0.05) is 24.4 Å². The maximum Gasteiger partial charge on any atom is 0.186 e. The molecule has 146 valence electrons. The molecule has 0 aliphatic heterocycles. The number of Topliss-reactive ketones (excluding diaryl/α,β-unsaturated/α-hetero) is 1. The summed E-state index contributed by atoms with van der Waals surface area (Å²) in [6.45, 7) is 0. The van der Waals surface area contributed by atoms with E-state index in [0.29, 0.717) is 11.3 Å². The second-order valence-electron chi connectivity index (χ2n) is 7.99. The molecule has 0 bridgehead atoms. The number of aromatic nitrogens is 3. The first-order chi connectivity index (χ1) is 14.7. The molecule has 2 aromatic heterocycles. The van der Waals surface area contributed by atoms with Crippen LogP contribution in [0.15, 0.2) is 71.5 Å². The van der Waals surface area contributed by atoms with E-state index >= 15 is 0 Å². The fourth-order valence-corrected chi connectivity index (χ4v) is 5.07. The predicted molar refractivity (Wildman–Crippen MR) is 122 cm³/mol. The lowest BCUT2D eigenvalue weighted by molar-refractivity contribution is 0.0903. The zero-order valence-electron chi connectivity index (χ0n) is 16.2. The van der Waals surface area contributed by atoms with Crippen molar-refractivity contribution in [2.45, 2.75) is 19.3 Å². The maximum absolute atomic E-state index is 13.2. The molecule has 0 amide bonds. The van der Waals surface area contributed by atoms with Crippen molar-refractivity contribution < 1.29 is 4.79 Å². The van der Waals surface area contributed by atoms with Gasteiger partial charge in [-0.1, -0.05) is 48.5 Å². The molecule has 1 aliphatic rings. The standard InChI is InChI=1S/C25H18BrN3O/c26-18-13-27-24-12-23(28-29(24)14-18)25(30)17-7-8-20-16(11-17)6-10-21-19-4-2-1-3-15(19)5-9-22(20)21/h1-6,9-10,12-14,17H,7-8,11H2. The van der Waals surface area contributed by atoms with Crippen LogP contribution in [0.5, 0.6) is 0 Å². The third-order valence-corrected chi connectivity index (χ3v) is 6.66. The van der Waals surface area contributed by atoms with Crippen LogP contribution < -0.4 is 0 Å². The fraction of sp³-hybridized carbons (Fsp3) is 0.160. The van der Waals surface area contributed by atoms with Gasteiger partial charge in [-0.25, -0.2) is 9.50 Å². The van der Waals surface area contributed by atoms with Crippen LogP contribution >= 0.6 is 15.9 Å². The highest BCUT2D eigenvalue weighted by atomic mass is 79.9. The summed E-state index contributed by atoms with van der Waals surface area (Å²) in [5.41, 5.74) is 3.87. The molecule has 4 nitrogen and oxygen atoms in total. The topological polar surface area (TPSA) is 47.3 Å². The van der Waals surface area contributed by atoms with Crippen molar-refractivity contribution in [2.75, 3.05) is 0 Å². The van der Waals surface area contributed by atoms with Gasteiger partial charge in [0.1, 0.15) is 5.69 Å². The maximum atomic E-state index is 13.2. The van der Waals surface area contributed by atoms with Crippen LogP contribution in [-0.4, -0.2) is 20.4 Å².